The van der Waals surface area contributed by atoms with Crippen LogP contribution in [0.3, 0.4) is 0 Å². The molecule has 4 rings (SSSR count). The Morgan fingerprint density at radius 3 is 2.08 bits per heavy atom. The predicted octanol–water partition coefficient (Wildman–Crippen LogP) is 3.57. The second-order valence-corrected chi connectivity index (χ2v) is 7.24. The zero-order valence-electron chi connectivity index (χ0n) is 14.7. The van der Waals surface area contributed by atoms with Crippen molar-refractivity contribution in [3.63, 3.8) is 0 Å². The minimum absolute atomic E-state index is 0. The molecule has 137 valence electrons. The first-order valence-corrected chi connectivity index (χ1v) is 8.82. The molecular weight excluding hydrogens is 490 g/mol. The van der Waals surface area contributed by atoms with Crippen LogP contribution in [0.4, 0.5) is 0 Å². The number of aromatic nitrogens is 1. The van der Waals surface area contributed by atoms with Gasteiger partial charge in [-0.3, -0.25) is 0 Å². The molecular formula is C21H26IrNO2-. The van der Waals surface area contributed by atoms with E-state index in [0.717, 1.165) is 24.1 Å². The summed E-state index contributed by atoms with van der Waals surface area (Å²) >= 11 is 0. The third-order valence-corrected chi connectivity index (χ3v) is 5.50. The van der Waals surface area contributed by atoms with Crippen LogP contribution in [0.5, 0.6) is 0 Å². The molecule has 1 radical (unpaired) electrons. The molecule has 0 amide bonds. The maximum Gasteiger partial charge on any atom is 0.0621 e. The molecule has 0 aliphatic heterocycles. The largest absolute Gasteiger partial charge is 0.392 e. The SMILES string of the molecule is C[C@@H]1CC2C[C@H](C)C(O)C2C1O.[Ir].[c-]1ccccc1-c1ccccn1. The van der Waals surface area contributed by atoms with Crippen LogP contribution < -0.4 is 0 Å². The number of aliphatic hydroxyl groups excluding tert-OH is 2. The quantitative estimate of drug-likeness (QED) is 0.570. The van der Waals surface area contributed by atoms with E-state index in [1.54, 1.807) is 6.20 Å². The summed E-state index contributed by atoms with van der Waals surface area (Å²) in [6.07, 6.45) is 3.49. The topological polar surface area (TPSA) is 53.4 Å². The van der Waals surface area contributed by atoms with E-state index in [0.29, 0.717) is 17.8 Å². The van der Waals surface area contributed by atoms with Gasteiger partial charge in [0.1, 0.15) is 0 Å². The third kappa shape index (κ3) is 4.56. The first-order valence-electron chi connectivity index (χ1n) is 8.82. The van der Waals surface area contributed by atoms with Gasteiger partial charge in [0.05, 0.1) is 12.2 Å². The van der Waals surface area contributed by atoms with Crippen LogP contribution >= 0.6 is 0 Å². The average Bonchev–Trinajstić information content (AvgIpc) is 3.05. The number of rotatable bonds is 1. The van der Waals surface area contributed by atoms with E-state index in [9.17, 15) is 10.2 Å². The number of benzene rings is 1. The molecule has 3 nitrogen and oxygen atoms in total. The van der Waals surface area contributed by atoms with Crippen LogP contribution in [-0.4, -0.2) is 27.4 Å². The van der Waals surface area contributed by atoms with Crippen molar-refractivity contribution in [3.05, 3.63) is 54.7 Å². The summed E-state index contributed by atoms with van der Waals surface area (Å²) in [5, 5.41) is 19.6. The average molecular weight is 517 g/mol. The normalized spacial score (nSPS) is 33.0. The number of nitrogens with zero attached hydrogens (tertiary/aromatic N) is 1. The number of hydrogen-bond donors (Lipinski definition) is 2. The van der Waals surface area contributed by atoms with Gasteiger partial charge < -0.3 is 15.2 Å². The molecule has 0 saturated heterocycles. The third-order valence-electron chi connectivity index (χ3n) is 5.50. The maximum absolute atomic E-state index is 9.80. The summed E-state index contributed by atoms with van der Waals surface area (Å²) in [4.78, 5) is 4.22. The van der Waals surface area contributed by atoms with Crippen LogP contribution in [0.1, 0.15) is 26.7 Å². The number of fused-ring (bicyclic) bond motifs is 1. The molecule has 0 spiro atoms. The number of hydrogen-bond acceptors (Lipinski definition) is 3. The molecule has 2 aromatic rings. The first-order chi connectivity index (χ1) is 11.6. The van der Waals surface area contributed by atoms with E-state index in [1.165, 1.54) is 0 Å². The Hall–Kier alpha value is -1.06. The van der Waals surface area contributed by atoms with Gasteiger partial charge in [-0.1, -0.05) is 26.0 Å². The molecule has 4 heteroatoms. The van der Waals surface area contributed by atoms with Gasteiger partial charge in [-0.15, -0.1) is 35.9 Å². The molecule has 1 aromatic heterocycles. The van der Waals surface area contributed by atoms with Crippen LogP contribution in [-0.2, 0) is 20.1 Å². The van der Waals surface area contributed by atoms with Gasteiger partial charge in [0.15, 0.2) is 0 Å². The van der Waals surface area contributed by atoms with Gasteiger partial charge in [0.25, 0.3) is 0 Å². The van der Waals surface area contributed by atoms with Gasteiger partial charge in [0.2, 0.25) is 0 Å². The van der Waals surface area contributed by atoms with Crippen LogP contribution in [0.25, 0.3) is 11.3 Å². The van der Waals surface area contributed by atoms with Crippen molar-refractivity contribution in [1.29, 1.82) is 0 Å². The fraction of sp³-hybridized carbons (Fsp3) is 0.476. The molecule has 2 aliphatic rings. The van der Waals surface area contributed by atoms with Gasteiger partial charge in [-0.05, 0) is 42.4 Å². The Balaban J connectivity index is 0.000000173. The maximum atomic E-state index is 9.80. The Labute approximate surface area is 163 Å². The molecule has 4 unspecified atom stereocenters. The summed E-state index contributed by atoms with van der Waals surface area (Å²) in [5.74, 6) is 1.54. The number of pyridine rings is 1. The Morgan fingerprint density at radius 1 is 0.960 bits per heavy atom. The summed E-state index contributed by atoms with van der Waals surface area (Å²) < 4.78 is 0. The fourth-order valence-electron chi connectivity index (χ4n) is 4.24. The van der Waals surface area contributed by atoms with Crippen molar-refractivity contribution in [2.45, 2.75) is 38.9 Å². The van der Waals surface area contributed by atoms with Crippen molar-refractivity contribution in [2.24, 2.45) is 23.7 Å². The van der Waals surface area contributed by atoms with Crippen molar-refractivity contribution in [2.75, 3.05) is 0 Å². The second-order valence-electron chi connectivity index (χ2n) is 7.24. The van der Waals surface area contributed by atoms with E-state index in [2.05, 4.69) is 24.9 Å². The molecule has 2 N–H and O–H groups in total. The minimum Gasteiger partial charge on any atom is -0.392 e. The molecule has 1 aromatic carbocycles. The summed E-state index contributed by atoms with van der Waals surface area (Å²) in [5.41, 5.74) is 2.01. The molecule has 6 atom stereocenters. The van der Waals surface area contributed by atoms with E-state index >= 15 is 0 Å². The van der Waals surface area contributed by atoms with Gasteiger partial charge in [0, 0.05) is 32.2 Å². The van der Waals surface area contributed by atoms with E-state index < -0.39 is 0 Å². The Bertz CT molecular complexity index is 581. The van der Waals surface area contributed by atoms with Crippen molar-refractivity contribution >= 4 is 0 Å². The molecule has 1 heterocycles. The molecule has 0 bridgehead atoms. The fourth-order valence-corrected chi connectivity index (χ4v) is 4.24. The van der Waals surface area contributed by atoms with Gasteiger partial charge >= 0.3 is 0 Å². The molecule has 25 heavy (non-hydrogen) atoms. The molecule has 2 saturated carbocycles. The van der Waals surface area contributed by atoms with Crippen molar-refractivity contribution in [3.8, 4) is 11.3 Å². The first kappa shape index (κ1) is 20.3. The zero-order valence-corrected chi connectivity index (χ0v) is 17.1. The van der Waals surface area contributed by atoms with Gasteiger partial charge in [-0.25, -0.2) is 0 Å². The standard InChI is InChI=1S/C11H8N.C10H18O2.Ir/c1-2-6-10(7-3-1)11-8-4-5-9-12-11;1-5-3-7-4-6(2)10(12)8(7)9(5)11;/h1-6,8-9H;5-12H,3-4H2,1-2H3;/q-1;;/t;5-,6+,7?,8?,9?,10?;. The van der Waals surface area contributed by atoms with Crippen LogP contribution in [0.2, 0.25) is 0 Å². The second kappa shape index (κ2) is 9.04. The monoisotopic (exact) mass is 517 g/mol. The van der Waals surface area contributed by atoms with E-state index in [1.807, 2.05) is 42.5 Å². The van der Waals surface area contributed by atoms with Gasteiger partial charge in [-0.2, -0.15) is 0 Å². The molecule has 2 fully saturated rings. The predicted molar refractivity (Wildman–Crippen MR) is 95.1 cm³/mol. The number of aliphatic hydroxyl groups is 2. The smallest absolute Gasteiger partial charge is 0.0621 e. The van der Waals surface area contributed by atoms with Crippen LogP contribution in [0.15, 0.2) is 48.7 Å². The van der Waals surface area contributed by atoms with E-state index in [4.69, 9.17) is 0 Å². The van der Waals surface area contributed by atoms with E-state index in [-0.39, 0.29) is 38.2 Å². The molecule has 2 aliphatic carbocycles. The summed E-state index contributed by atoms with van der Waals surface area (Å²) in [7, 11) is 0. The summed E-state index contributed by atoms with van der Waals surface area (Å²) in [6.45, 7) is 4.17. The van der Waals surface area contributed by atoms with Crippen LogP contribution in [0, 0.1) is 29.7 Å². The minimum atomic E-state index is -0.255. The van der Waals surface area contributed by atoms with Crippen molar-refractivity contribution < 1.29 is 30.3 Å². The van der Waals surface area contributed by atoms with Crippen molar-refractivity contribution in [1.82, 2.24) is 4.98 Å². The summed E-state index contributed by atoms with van der Waals surface area (Å²) in [6, 6.07) is 16.8. The Morgan fingerprint density at radius 2 is 1.60 bits per heavy atom. The Kier molecular flexibility index (Phi) is 7.33. The zero-order chi connectivity index (χ0) is 17.1.